The third-order valence-corrected chi connectivity index (χ3v) is 9.90. The Hall–Kier alpha value is -3.48. The quantitative estimate of drug-likeness (QED) is 0.346. The smallest absolute Gasteiger partial charge is 0.245 e. The summed E-state index contributed by atoms with van der Waals surface area (Å²) in [4.78, 5) is 30.1. The number of aromatic nitrogens is 3. The van der Waals surface area contributed by atoms with Crippen LogP contribution in [0.25, 0.3) is 21.3 Å². The summed E-state index contributed by atoms with van der Waals surface area (Å²) in [6.07, 6.45) is 0.184. The molecule has 0 bridgehead atoms. The van der Waals surface area contributed by atoms with Crippen molar-refractivity contribution in [2.45, 2.75) is 36.4 Å². The van der Waals surface area contributed by atoms with Crippen LogP contribution < -0.4 is 10.6 Å². The Morgan fingerprint density at radius 2 is 1.97 bits per heavy atom. The molecule has 1 radical (unpaired) electrons. The zero-order valence-electron chi connectivity index (χ0n) is 19.9. The lowest BCUT2D eigenvalue weighted by Gasteiger charge is -2.22. The van der Waals surface area contributed by atoms with E-state index in [0.29, 0.717) is 18.0 Å². The van der Waals surface area contributed by atoms with Gasteiger partial charge in [0.1, 0.15) is 5.01 Å². The first kappa shape index (κ1) is 25.2. The molecule has 2 unspecified atom stereocenters. The highest BCUT2D eigenvalue weighted by molar-refractivity contribution is 7.93. The van der Waals surface area contributed by atoms with Gasteiger partial charge in [-0.3, -0.25) is 9.59 Å². The van der Waals surface area contributed by atoms with E-state index in [9.17, 15) is 18.0 Å². The number of Topliss-reactive ketones (excluding diaryl/α,β-unsaturated/α-hetero) is 1. The number of hydrogen-bond donors (Lipinski definition) is 2. The Balaban J connectivity index is 1.53. The number of hydrogen-bond acceptors (Lipinski definition) is 10. The van der Waals surface area contributed by atoms with Crippen molar-refractivity contribution >= 4 is 43.1 Å². The Labute approximate surface area is 217 Å². The number of nitrogens with one attached hydrogen (secondary N) is 2. The minimum atomic E-state index is -4.21. The molecular formula is C25H24N5O5S2. The number of amides is 1. The predicted octanol–water partition coefficient (Wildman–Crippen LogP) is 2.56. The van der Waals surface area contributed by atoms with E-state index in [1.807, 2.05) is 42.5 Å². The fourth-order valence-electron chi connectivity index (χ4n) is 4.46. The molecule has 1 fully saturated rings. The maximum atomic E-state index is 13.9. The summed E-state index contributed by atoms with van der Waals surface area (Å²) in [5, 5.41) is 10.5. The van der Waals surface area contributed by atoms with Crippen LogP contribution in [0.1, 0.15) is 28.5 Å². The molecule has 2 N–H and O–H groups in total. The van der Waals surface area contributed by atoms with Gasteiger partial charge >= 0.3 is 0 Å². The third kappa shape index (κ3) is 5.04. The lowest BCUT2D eigenvalue weighted by atomic mass is 10.1. The minimum absolute atomic E-state index is 0.126. The summed E-state index contributed by atoms with van der Waals surface area (Å²) in [5.41, 5.74) is 2.53. The molecule has 2 aromatic carbocycles. The summed E-state index contributed by atoms with van der Waals surface area (Å²) in [5.74, 6) is -0.849. The lowest BCUT2D eigenvalue weighted by molar-refractivity contribution is -0.121. The number of thiazole rings is 1. The Morgan fingerprint density at radius 3 is 2.68 bits per heavy atom. The number of nitrogens with zero attached hydrogens (tertiary/aromatic N) is 3. The first-order chi connectivity index (χ1) is 17.7. The van der Waals surface area contributed by atoms with Gasteiger partial charge in [-0.25, -0.2) is 13.4 Å². The van der Waals surface area contributed by atoms with Gasteiger partial charge in [0.2, 0.25) is 17.7 Å². The van der Waals surface area contributed by atoms with Gasteiger partial charge in [-0.1, -0.05) is 36.4 Å². The molecule has 0 saturated carbocycles. The van der Waals surface area contributed by atoms with E-state index in [1.165, 1.54) is 0 Å². The molecule has 1 saturated heterocycles. The molecule has 1 amide bonds. The van der Waals surface area contributed by atoms with Crippen LogP contribution in [0.4, 0.5) is 0 Å². The SMILES string of the molecule is [CH2]C(=O)[C@H]1NCCC1S(=O)(=O)C(C(=O)NCc1nnc(C)o1)c1nc2ccc(-c3ccccc3)cc2s1. The van der Waals surface area contributed by atoms with E-state index in [-0.39, 0.29) is 23.9 Å². The molecular weight excluding hydrogens is 514 g/mol. The second-order valence-corrected chi connectivity index (χ2v) is 12.0. The molecule has 2 aromatic heterocycles. The standard InChI is InChI=1S/C25H24N5O5S2/c1-14(31)22-20(10-11-26-22)37(33,34)23(24(32)27-13-21-30-29-15(2)35-21)25-28-18-9-8-17(12-19(18)36-25)16-6-4-3-5-7-16/h3-9,12,20,22-23,26H,1,10-11,13H2,2H3,(H,27,32)/t20?,22-,23?/m1/s1. The molecule has 1 aliphatic heterocycles. The van der Waals surface area contributed by atoms with E-state index in [2.05, 4.69) is 32.7 Å². The predicted molar refractivity (Wildman–Crippen MR) is 138 cm³/mol. The average molecular weight is 539 g/mol. The summed E-state index contributed by atoms with van der Waals surface area (Å²) >= 11 is 1.14. The van der Waals surface area contributed by atoms with Crippen molar-refractivity contribution < 1.29 is 22.4 Å². The molecule has 0 spiro atoms. The molecule has 10 nitrogen and oxygen atoms in total. The van der Waals surface area contributed by atoms with E-state index in [0.717, 1.165) is 27.2 Å². The van der Waals surface area contributed by atoms with Gasteiger partial charge in [-0.15, -0.1) is 21.5 Å². The minimum Gasteiger partial charge on any atom is -0.424 e. The topological polar surface area (TPSA) is 144 Å². The largest absolute Gasteiger partial charge is 0.424 e. The first-order valence-electron chi connectivity index (χ1n) is 11.6. The van der Waals surface area contributed by atoms with Gasteiger partial charge in [0, 0.05) is 13.8 Å². The molecule has 12 heteroatoms. The maximum Gasteiger partial charge on any atom is 0.245 e. The van der Waals surface area contributed by atoms with Gasteiger partial charge < -0.3 is 15.1 Å². The molecule has 0 aliphatic carbocycles. The van der Waals surface area contributed by atoms with Crippen molar-refractivity contribution in [1.29, 1.82) is 0 Å². The summed E-state index contributed by atoms with van der Waals surface area (Å²) in [6.45, 7) is 5.20. The number of sulfone groups is 1. The molecule has 191 valence electrons. The van der Waals surface area contributed by atoms with E-state index in [1.54, 1.807) is 13.0 Å². The summed E-state index contributed by atoms with van der Waals surface area (Å²) in [6, 6.07) is 14.4. The van der Waals surface area contributed by atoms with Crippen molar-refractivity contribution in [3.8, 4) is 11.1 Å². The normalized spacial score (nSPS) is 18.6. The Kier molecular flexibility index (Phi) is 6.88. The number of ketones is 1. The van der Waals surface area contributed by atoms with Crippen molar-refractivity contribution in [2.75, 3.05) is 6.54 Å². The third-order valence-electron chi connectivity index (χ3n) is 6.22. The highest BCUT2D eigenvalue weighted by atomic mass is 32.2. The summed E-state index contributed by atoms with van der Waals surface area (Å²) in [7, 11) is -4.21. The zero-order valence-corrected chi connectivity index (χ0v) is 21.5. The van der Waals surface area contributed by atoms with Gasteiger partial charge in [0.15, 0.2) is 20.9 Å². The monoisotopic (exact) mass is 538 g/mol. The fraction of sp³-hybridized carbons (Fsp3) is 0.280. The van der Waals surface area contributed by atoms with E-state index < -0.39 is 38.1 Å². The van der Waals surface area contributed by atoms with Crippen LogP contribution in [-0.2, 0) is 26.0 Å². The van der Waals surface area contributed by atoms with Gasteiger partial charge in [-0.2, -0.15) is 0 Å². The highest BCUT2D eigenvalue weighted by Crippen LogP contribution is 2.37. The van der Waals surface area contributed by atoms with Gasteiger partial charge in [0.25, 0.3) is 0 Å². The Bertz CT molecular complexity index is 1560. The molecule has 3 heterocycles. The highest BCUT2D eigenvalue weighted by Gasteiger charge is 2.48. The van der Waals surface area contributed by atoms with Crippen LogP contribution in [0.5, 0.6) is 0 Å². The average Bonchev–Trinajstić information content (AvgIpc) is 3.62. The Morgan fingerprint density at radius 1 is 1.19 bits per heavy atom. The number of aryl methyl sites for hydroxylation is 1. The fourth-order valence-corrected chi connectivity index (χ4v) is 8.13. The van der Waals surface area contributed by atoms with Crippen LogP contribution in [0.2, 0.25) is 0 Å². The van der Waals surface area contributed by atoms with Crippen LogP contribution in [0, 0.1) is 13.8 Å². The molecule has 1 aliphatic rings. The number of carbonyl (C=O) groups excluding carboxylic acids is 2. The molecule has 5 rings (SSSR count). The number of fused-ring (bicyclic) bond motifs is 1. The van der Waals surface area contributed by atoms with E-state index in [4.69, 9.17) is 4.42 Å². The molecule has 3 atom stereocenters. The number of rotatable bonds is 8. The van der Waals surface area contributed by atoms with E-state index >= 15 is 0 Å². The van der Waals surface area contributed by atoms with Gasteiger partial charge in [-0.05, 0) is 36.2 Å². The molecule has 4 aromatic rings. The van der Waals surface area contributed by atoms with Crippen molar-refractivity contribution in [1.82, 2.24) is 25.8 Å². The second kappa shape index (κ2) is 10.1. The van der Waals surface area contributed by atoms with Crippen LogP contribution >= 0.6 is 11.3 Å². The first-order valence-corrected chi connectivity index (χ1v) is 14.0. The van der Waals surface area contributed by atoms with Crippen molar-refractivity contribution in [3.63, 3.8) is 0 Å². The lowest BCUT2D eigenvalue weighted by Crippen LogP contribution is -2.45. The number of carbonyl (C=O) groups is 2. The maximum absolute atomic E-state index is 13.9. The second-order valence-electron chi connectivity index (χ2n) is 8.73. The molecule has 37 heavy (non-hydrogen) atoms. The van der Waals surface area contributed by atoms with Crippen LogP contribution in [0.3, 0.4) is 0 Å². The summed E-state index contributed by atoms with van der Waals surface area (Å²) < 4.78 is 33.8. The van der Waals surface area contributed by atoms with Crippen molar-refractivity contribution in [2.24, 2.45) is 0 Å². The van der Waals surface area contributed by atoms with Crippen LogP contribution in [-0.4, -0.2) is 53.1 Å². The van der Waals surface area contributed by atoms with Crippen LogP contribution in [0.15, 0.2) is 52.9 Å². The van der Waals surface area contributed by atoms with Crippen molar-refractivity contribution in [3.05, 3.63) is 72.2 Å². The number of benzene rings is 2. The zero-order chi connectivity index (χ0) is 26.2. The van der Waals surface area contributed by atoms with Gasteiger partial charge in [0.05, 0.1) is 28.1 Å².